The number of methoxy groups -OCH3 is 1. The number of pyridine rings is 1. The Morgan fingerprint density at radius 1 is 1.33 bits per heavy atom. The lowest BCUT2D eigenvalue weighted by atomic mass is 10.2. The molecule has 1 unspecified atom stereocenters. The van der Waals surface area contributed by atoms with Gasteiger partial charge in [-0.15, -0.1) is 0 Å². The summed E-state index contributed by atoms with van der Waals surface area (Å²) in [5, 5.41) is 2.85. The van der Waals surface area contributed by atoms with E-state index in [0.29, 0.717) is 6.54 Å². The number of benzene rings is 1. The average Bonchev–Trinajstić information content (AvgIpc) is 3.03. The summed E-state index contributed by atoms with van der Waals surface area (Å²) >= 11 is 0. The van der Waals surface area contributed by atoms with E-state index < -0.39 is 25.7 Å². The fourth-order valence-corrected chi connectivity index (χ4v) is 4.98. The topological polar surface area (TPSA) is 55.6 Å². The summed E-state index contributed by atoms with van der Waals surface area (Å²) in [4.78, 5) is 16.4. The van der Waals surface area contributed by atoms with Crippen molar-refractivity contribution in [3.8, 4) is 0 Å². The number of esters is 1. The summed E-state index contributed by atoms with van der Waals surface area (Å²) in [6.07, 6.45) is 1.57. The highest BCUT2D eigenvalue weighted by molar-refractivity contribution is 6.77. The molecule has 1 aliphatic heterocycles. The van der Waals surface area contributed by atoms with Gasteiger partial charge >= 0.3 is 5.97 Å². The average molecular weight is 391 g/mol. The molecule has 0 aliphatic carbocycles. The van der Waals surface area contributed by atoms with Crippen molar-refractivity contribution in [2.45, 2.75) is 32.2 Å². The monoisotopic (exact) mass is 391 g/mol. The Bertz CT molecular complexity index is 980. The van der Waals surface area contributed by atoms with Crippen LogP contribution in [-0.2, 0) is 4.74 Å². The number of hydrogen-bond donors (Lipinski definition) is 1. The summed E-state index contributed by atoms with van der Waals surface area (Å²) in [6.45, 7) is 8.86. The molecule has 2 aromatic rings. The van der Waals surface area contributed by atoms with Crippen molar-refractivity contribution in [2.75, 3.05) is 19.0 Å². The van der Waals surface area contributed by atoms with E-state index in [1.54, 1.807) is 23.8 Å². The van der Waals surface area contributed by atoms with Crippen LogP contribution in [0, 0.1) is 18.6 Å². The molecule has 3 rings (SSSR count). The van der Waals surface area contributed by atoms with Crippen molar-refractivity contribution in [2.24, 2.45) is 4.99 Å². The molecule has 2 heterocycles. The van der Waals surface area contributed by atoms with Crippen molar-refractivity contribution >= 4 is 25.5 Å². The Balaban J connectivity index is 2.29. The predicted molar refractivity (Wildman–Crippen MR) is 103 cm³/mol. The van der Waals surface area contributed by atoms with Gasteiger partial charge in [0.2, 0.25) is 0 Å². The third-order valence-electron chi connectivity index (χ3n) is 4.74. The van der Waals surface area contributed by atoms with E-state index in [2.05, 4.69) is 30.0 Å². The van der Waals surface area contributed by atoms with Gasteiger partial charge in [0.15, 0.2) is 5.82 Å². The van der Waals surface area contributed by atoms with Crippen LogP contribution in [0.1, 0.15) is 21.6 Å². The quantitative estimate of drug-likeness (QED) is 0.637. The molecular weight excluding hydrogens is 368 g/mol. The number of ether oxygens (including phenoxy) is 1. The van der Waals surface area contributed by atoms with Crippen LogP contribution in [0.5, 0.6) is 0 Å². The molecule has 144 valence electrons. The molecule has 0 saturated heterocycles. The molecule has 1 atom stereocenters. The summed E-state index contributed by atoms with van der Waals surface area (Å²) in [7, 11) is -0.457. The lowest BCUT2D eigenvalue weighted by molar-refractivity contribution is 0.0597. The standard InChI is InChI=1S/C19H23F2N3O2Si/c1-11-6-7-14(13(20)8-11)23-17-12(19(25)26-2)10-24-15(27(3,4)5)9-22-18(24)16(17)21/h6-8,10,15,22H,9H2,1-5H3. The van der Waals surface area contributed by atoms with Crippen LogP contribution in [-0.4, -0.2) is 32.3 Å². The second-order valence-electron chi connectivity index (χ2n) is 7.78. The molecule has 8 heteroatoms. The molecule has 1 aromatic carbocycles. The largest absolute Gasteiger partial charge is 0.465 e. The van der Waals surface area contributed by atoms with Crippen molar-refractivity contribution in [3.63, 3.8) is 0 Å². The number of hydrogen-bond acceptors (Lipinski definition) is 4. The number of aryl methyl sites for hydroxylation is 1. The SMILES string of the molecule is COC(=O)c1cn2c(c(F)c1=Nc1ccc(C)cc1F)NCC2[Si](C)(C)C. The van der Waals surface area contributed by atoms with Crippen LogP contribution in [0.2, 0.25) is 19.6 Å². The summed E-state index contributed by atoms with van der Waals surface area (Å²) in [6, 6.07) is 4.46. The normalized spacial score (nSPS) is 16.9. The molecule has 0 fully saturated rings. The first kappa shape index (κ1) is 19.3. The van der Waals surface area contributed by atoms with Gasteiger partial charge in [-0.05, 0) is 24.6 Å². The number of carbonyl (C=O) groups excluding carboxylic acids is 1. The van der Waals surface area contributed by atoms with Crippen LogP contribution in [0.4, 0.5) is 20.3 Å². The lowest BCUT2D eigenvalue weighted by Gasteiger charge is -2.26. The molecule has 1 aromatic heterocycles. The summed E-state index contributed by atoms with van der Waals surface area (Å²) in [5.41, 5.74) is 0.750. The van der Waals surface area contributed by atoms with Crippen molar-refractivity contribution in [1.82, 2.24) is 4.57 Å². The third-order valence-corrected chi connectivity index (χ3v) is 7.22. The highest BCUT2D eigenvalue weighted by Crippen LogP contribution is 2.32. The van der Waals surface area contributed by atoms with Gasteiger partial charge in [-0.3, -0.25) is 0 Å². The van der Waals surface area contributed by atoms with Gasteiger partial charge < -0.3 is 14.6 Å². The number of nitrogens with one attached hydrogen (secondary N) is 1. The molecule has 0 radical (unpaired) electrons. The van der Waals surface area contributed by atoms with Gasteiger partial charge in [-0.2, -0.15) is 0 Å². The van der Waals surface area contributed by atoms with E-state index in [1.807, 2.05) is 0 Å². The molecule has 27 heavy (non-hydrogen) atoms. The minimum atomic E-state index is -1.68. The maximum absolute atomic E-state index is 15.3. The van der Waals surface area contributed by atoms with E-state index in [4.69, 9.17) is 4.74 Å². The molecule has 0 bridgehead atoms. The lowest BCUT2D eigenvalue weighted by Crippen LogP contribution is -2.36. The van der Waals surface area contributed by atoms with Crippen LogP contribution in [0.15, 0.2) is 29.4 Å². The van der Waals surface area contributed by atoms with Gasteiger partial charge in [0.05, 0.1) is 20.9 Å². The molecule has 0 spiro atoms. The molecule has 0 amide bonds. The van der Waals surface area contributed by atoms with Crippen LogP contribution < -0.4 is 10.7 Å². The highest BCUT2D eigenvalue weighted by atomic mass is 28.3. The fourth-order valence-electron chi connectivity index (χ4n) is 3.23. The zero-order valence-corrected chi connectivity index (χ0v) is 17.1. The smallest absolute Gasteiger partial charge is 0.341 e. The Morgan fingerprint density at radius 3 is 2.63 bits per heavy atom. The minimum Gasteiger partial charge on any atom is -0.465 e. The molecule has 1 N–H and O–H groups in total. The zero-order chi connectivity index (χ0) is 19.9. The Kier molecular flexibility index (Phi) is 4.94. The van der Waals surface area contributed by atoms with Crippen molar-refractivity contribution < 1.29 is 18.3 Å². The maximum Gasteiger partial charge on any atom is 0.341 e. The molecule has 5 nitrogen and oxygen atoms in total. The van der Waals surface area contributed by atoms with E-state index in [1.165, 1.54) is 19.2 Å². The second-order valence-corrected chi connectivity index (χ2v) is 13.2. The fraction of sp³-hybridized carbons (Fsp3) is 0.368. The number of fused-ring (bicyclic) bond motifs is 1. The van der Waals surface area contributed by atoms with Gasteiger partial charge in [-0.1, -0.05) is 25.7 Å². The number of carbonyl (C=O) groups is 1. The Morgan fingerprint density at radius 2 is 2.04 bits per heavy atom. The van der Waals surface area contributed by atoms with E-state index in [9.17, 15) is 9.18 Å². The number of rotatable bonds is 3. The first-order valence-electron chi connectivity index (χ1n) is 8.71. The number of aromatic nitrogens is 1. The van der Waals surface area contributed by atoms with Gasteiger partial charge in [0.1, 0.15) is 22.6 Å². The molecule has 0 saturated carbocycles. The van der Waals surface area contributed by atoms with Gasteiger partial charge in [0, 0.05) is 18.4 Å². The number of nitrogens with zero attached hydrogens (tertiary/aromatic N) is 2. The first-order valence-corrected chi connectivity index (χ1v) is 12.3. The van der Waals surface area contributed by atoms with Gasteiger partial charge in [0.25, 0.3) is 0 Å². The Labute approximate surface area is 157 Å². The highest BCUT2D eigenvalue weighted by Gasteiger charge is 2.36. The molecule has 1 aliphatic rings. The van der Waals surface area contributed by atoms with E-state index >= 15 is 4.39 Å². The van der Waals surface area contributed by atoms with Gasteiger partial charge in [-0.25, -0.2) is 18.6 Å². The van der Waals surface area contributed by atoms with Crippen LogP contribution in [0.25, 0.3) is 0 Å². The maximum atomic E-state index is 15.3. The minimum absolute atomic E-state index is 0.0225. The van der Waals surface area contributed by atoms with Crippen molar-refractivity contribution in [3.05, 3.63) is 52.5 Å². The van der Waals surface area contributed by atoms with Crippen LogP contribution >= 0.6 is 0 Å². The second kappa shape index (κ2) is 6.92. The first-order chi connectivity index (χ1) is 12.6. The third kappa shape index (κ3) is 3.53. The van der Waals surface area contributed by atoms with E-state index in [0.717, 1.165) is 5.56 Å². The van der Waals surface area contributed by atoms with Crippen molar-refractivity contribution in [1.29, 1.82) is 0 Å². The van der Waals surface area contributed by atoms with Crippen LogP contribution in [0.3, 0.4) is 0 Å². The van der Waals surface area contributed by atoms with E-state index in [-0.39, 0.29) is 28.1 Å². The number of halogens is 2. The molecular formula is C19H23F2N3O2Si. The predicted octanol–water partition coefficient (Wildman–Crippen LogP) is 3.94. The summed E-state index contributed by atoms with van der Waals surface area (Å²) in [5.74, 6) is -1.71. The zero-order valence-electron chi connectivity index (χ0n) is 16.1. The summed E-state index contributed by atoms with van der Waals surface area (Å²) < 4.78 is 36.1. The Hall–Kier alpha value is -2.48. The number of anilines is 1.